The molecule has 0 saturated carbocycles. The molecular weight excluding hydrogens is 363 g/mol. The average Bonchev–Trinajstić information content (AvgIpc) is 2.71. The molecule has 2 saturated heterocycles. The van der Waals surface area contributed by atoms with Gasteiger partial charge in [0.25, 0.3) is 0 Å². The van der Waals surface area contributed by atoms with E-state index in [0.29, 0.717) is 51.5 Å². The molecule has 0 bridgehead atoms. The Morgan fingerprint density at radius 1 is 1.04 bits per heavy atom. The van der Waals surface area contributed by atoms with E-state index in [-0.39, 0.29) is 17.6 Å². The first-order valence-corrected chi connectivity index (χ1v) is 9.83. The number of carbonyl (C=O) groups excluding carboxylic acids is 2. The smallest absolute Gasteiger partial charge is 0.236 e. The monoisotopic (exact) mass is 392 g/mol. The van der Waals surface area contributed by atoms with Crippen molar-refractivity contribution in [3.05, 3.63) is 35.1 Å². The molecule has 0 aromatic heterocycles. The van der Waals surface area contributed by atoms with Crippen molar-refractivity contribution in [2.24, 2.45) is 0 Å². The van der Waals surface area contributed by atoms with E-state index >= 15 is 0 Å². The molecule has 2 fully saturated rings. The number of piperazine rings is 1. The summed E-state index contributed by atoms with van der Waals surface area (Å²) < 4.78 is 18.6. The van der Waals surface area contributed by atoms with Crippen molar-refractivity contribution in [1.82, 2.24) is 20.0 Å². The Morgan fingerprint density at radius 2 is 1.68 bits per heavy atom. The van der Waals surface area contributed by atoms with E-state index in [1.54, 1.807) is 19.1 Å². The maximum atomic E-state index is 13.3. The summed E-state index contributed by atoms with van der Waals surface area (Å²) in [7, 11) is 0. The minimum atomic E-state index is -0.236. The molecule has 0 unspecified atom stereocenters. The topological polar surface area (TPSA) is 65.1 Å². The van der Waals surface area contributed by atoms with Gasteiger partial charge in [-0.05, 0) is 24.1 Å². The van der Waals surface area contributed by atoms with Crippen molar-refractivity contribution in [1.29, 1.82) is 0 Å². The molecule has 7 nitrogen and oxygen atoms in total. The van der Waals surface area contributed by atoms with Gasteiger partial charge in [0.05, 0.1) is 26.3 Å². The number of nitrogens with zero attached hydrogens (tertiary/aromatic N) is 3. The van der Waals surface area contributed by atoms with E-state index in [4.69, 9.17) is 4.74 Å². The molecule has 28 heavy (non-hydrogen) atoms. The van der Waals surface area contributed by atoms with Crippen LogP contribution in [-0.2, 0) is 20.9 Å². The highest BCUT2D eigenvalue weighted by atomic mass is 19.1. The minimum Gasteiger partial charge on any atom is -0.378 e. The first-order valence-electron chi connectivity index (χ1n) is 9.83. The Kier molecular flexibility index (Phi) is 7.36. The number of amides is 2. The zero-order valence-corrected chi connectivity index (χ0v) is 16.5. The van der Waals surface area contributed by atoms with Gasteiger partial charge >= 0.3 is 0 Å². The van der Waals surface area contributed by atoms with Gasteiger partial charge < -0.3 is 15.0 Å². The van der Waals surface area contributed by atoms with E-state index in [1.165, 1.54) is 6.07 Å². The fraction of sp³-hybridized carbons (Fsp3) is 0.600. The molecule has 0 radical (unpaired) electrons. The van der Waals surface area contributed by atoms with Crippen LogP contribution in [0.2, 0.25) is 0 Å². The highest BCUT2D eigenvalue weighted by Crippen LogP contribution is 2.09. The number of aryl methyl sites for hydroxylation is 1. The highest BCUT2D eigenvalue weighted by Gasteiger charge is 2.23. The molecule has 154 valence electrons. The molecule has 1 N–H and O–H groups in total. The van der Waals surface area contributed by atoms with Crippen molar-refractivity contribution >= 4 is 11.8 Å². The molecule has 0 atom stereocenters. The lowest BCUT2D eigenvalue weighted by atomic mass is 10.1. The SMILES string of the molecule is Cc1cc(CNC(=O)CN2CCN(CC(=O)N3CCOCC3)CC2)ccc1F. The van der Waals surface area contributed by atoms with Gasteiger partial charge in [-0.3, -0.25) is 19.4 Å². The third-order valence-electron chi connectivity index (χ3n) is 5.27. The molecule has 2 amide bonds. The normalized spacial score (nSPS) is 18.9. The summed E-state index contributed by atoms with van der Waals surface area (Å²) in [5, 5.41) is 2.89. The van der Waals surface area contributed by atoms with Crippen LogP contribution in [0.5, 0.6) is 0 Å². The Labute approximate surface area is 165 Å². The second-order valence-electron chi connectivity index (χ2n) is 7.41. The predicted molar refractivity (Wildman–Crippen MR) is 103 cm³/mol. The standard InChI is InChI=1S/C20H29FN4O3/c1-16-12-17(2-3-18(16)21)13-22-19(26)14-23-4-6-24(7-5-23)15-20(27)25-8-10-28-11-9-25/h2-3,12H,4-11,13-15H2,1H3,(H,22,26). The average molecular weight is 392 g/mol. The number of morpholine rings is 1. The van der Waals surface area contributed by atoms with Crippen molar-refractivity contribution in [2.75, 3.05) is 65.6 Å². The summed E-state index contributed by atoms with van der Waals surface area (Å²) >= 11 is 0. The van der Waals surface area contributed by atoms with Crippen LogP contribution < -0.4 is 5.32 Å². The summed E-state index contributed by atoms with van der Waals surface area (Å²) in [6.45, 7) is 8.55. The molecule has 1 aromatic rings. The van der Waals surface area contributed by atoms with Gasteiger partial charge in [-0.15, -0.1) is 0 Å². The third kappa shape index (κ3) is 5.98. The number of nitrogens with one attached hydrogen (secondary N) is 1. The van der Waals surface area contributed by atoms with Crippen LogP contribution in [-0.4, -0.2) is 92.1 Å². The molecule has 2 aliphatic heterocycles. The van der Waals surface area contributed by atoms with Crippen LogP contribution in [0.4, 0.5) is 4.39 Å². The lowest BCUT2D eigenvalue weighted by Crippen LogP contribution is -2.52. The number of benzene rings is 1. The number of ether oxygens (including phenoxy) is 1. The fourth-order valence-electron chi connectivity index (χ4n) is 3.49. The number of halogens is 1. The van der Waals surface area contributed by atoms with Crippen LogP contribution in [0.15, 0.2) is 18.2 Å². The van der Waals surface area contributed by atoms with Crippen LogP contribution in [0, 0.1) is 12.7 Å². The minimum absolute atomic E-state index is 0.0418. The van der Waals surface area contributed by atoms with Crippen LogP contribution in [0.25, 0.3) is 0 Å². The highest BCUT2D eigenvalue weighted by molar-refractivity contribution is 5.78. The number of carbonyl (C=O) groups is 2. The molecule has 1 aromatic carbocycles. The largest absolute Gasteiger partial charge is 0.378 e. The van der Waals surface area contributed by atoms with Gasteiger partial charge in [0.15, 0.2) is 0 Å². The van der Waals surface area contributed by atoms with E-state index in [1.807, 2.05) is 4.90 Å². The van der Waals surface area contributed by atoms with Crippen LogP contribution >= 0.6 is 0 Å². The van der Waals surface area contributed by atoms with Crippen molar-refractivity contribution in [3.8, 4) is 0 Å². The van der Waals surface area contributed by atoms with Crippen molar-refractivity contribution < 1.29 is 18.7 Å². The van der Waals surface area contributed by atoms with Gasteiger partial charge in [-0.25, -0.2) is 4.39 Å². The fourth-order valence-corrected chi connectivity index (χ4v) is 3.49. The molecule has 2 aliphatic rings. The lowest BCUT2D eigenvalue weighted by molar-refractivity contribution is -0.137. The van der Waals surface area contributed by atoms with E-state index in [0.717, 1.165) is 31.7 Å². The summed E-state index contributed by atoms with van der Waals surface area (Å²) in [6, 6.07) is 4.86. The maximum absolute atomic E-state index is 13.3. The molecular formula is C20H29FN4O3. The maximum Gasteiger partial charge on any atom is 0.236 e. The Morgan fingerprint density at radius 3 is 2.32 bits per heavy atom. The van der Waals surface area contributed by atoms with E-state index in [2.05, 4.69) is 15.1 Å². The van der Waals surface area contributed by atoms with Crippen LogP contribution in [0.1, 0.15) is 11.1 Å². The van der Waals surface area contributed by atoms with E-state index in [9.17, 15) is 14.0 Å². The molecule has 8 heteroatoms. The Hall–Kier alpha value is -2.03. The Balaban J connectivity index is 1.34. The van der Waals surface area contributed by atoms with Crippen molar-refractivity contribution in [2.45, 2.75) is 13.5 Å². The first kappa shape index (κ1) is 20.7. The number of rotatable bonds is 6. The van der Waals surface area contributed by atoms with Gasteiger partial charge in [0.1, 0.15) is 5.82 Å². The summed E-state index contributed by atoms with van der Waals surface area (Å²) in [5.74, 6) is -0.121. The molecule has 2 heterocycles. The predicted octanol–water partition coefficient (Wildman–Crippen LogP) is 0.227. The summed E-state index contributed by atoms with van der Waals surface area (Å²) in [5.41, 5.74) is 1.47. The van der Waals surface area contributed by atoms with Gasteiger partial charge in [-0.1, -0.05) is 12.1 Å². The second-order valence-corrected chi connectivity index (χ2v) is 7.41. The number of hydrogen-bond donors (Lipinski definition) is 1. The zero-order chi connectivity index (χ0) is 19.9. The number of hydrogen-bond acceptors (Lipinski definition) is 5. The van der Waals surface area contributed by atoms with Crippen LogP contribution in [0.3, 0.4) is 0 Å². The van der Waals surface area contributed by atoms with E-state index < -0.39 is 0 Å². The van der Waals surface area contributed by atoms with Gasteiger partial charge in [-0.2, -0.15) is 0 Å². The second kappa shape index (κ2) is 9.95. The summed E-state index contributed by atoms with van der Waals surface area (Å²) in [4.78, 5) is 30.6. The molecule has 3 rings (SSSR count). The van der Waals surface area contributed by atoms with Gasteiger partial charge in [0.2, 0.25) is 11.8 Å². The molecule has 0 spiro atoms. The third-order valence-corrected chi connectivity index (χ3v) is 5.27. The molecule has 0 aliphatic carbocycles. The quantitative estimate of drug-likeness (QED) is 0.751. The Bertz CT molecular complexity index is 686. The van der Waals surface area contributed by atoms with Crippen molar-refractivity contribution in [3.63, 3.8) is 0 Å². The van der Waals surface area contributed by atoms with Gasteiger partial charge in [0, 0.05) is 45.8 Å². The lowest BCUT2D eigenvalue weighted by Gasteiger charge is -2.35. The zero-order valence-electron chi connectivity index (χ0n) is 16.5. The first-order chi connectivity index (χ1) is 13.5. The summed E-state index contributed by atoms with van der Waals surface area (Å²) in [6.07, 6.45) is 0.